The monoisotopic (exact) mass is 274 g/mol. The van der Waals surface area contributed by atoms with Crippen LogP contribution in [0.3, 0.4) is 0 Å². The second kappa shape index (κ2) is 8.43. The fourth-order valence-electron chi connectivity index (χ4n) is 3.31. The summed E-state index contributed by atoms with van der Waals surface area (Å²) in [5, 5.41) is 0. The number of likely N-dealkylation sites (N-methyl/N-ethyl adjacent to an activating group) is 1. The smallest absolute Gasteiger partial charge is 0.0170 e. The molecule has 1 fully saturated rings. The molecule has 1 aromatic rings. The van der Waals surface area contributed by atoms with Gasteiger partial charge in [0.2, 0.25) is 0 Å². The van der Waals surface area contributed by atoms with Crippen LogP contribution in [0.15, 0.2) is 30.3 Å². The Labute approximate surface area is 124 Å². The normalized spacial score (nSPS) is 18.9. The van der Waals surface area contributed by atoms with Crippen LogP contribution in [0.1, 0.15) is 50.5 Å². The SMILES string of the molecule is CN(CC(N)CCc1ccccc1)C1CCCCCC1. The Bertz CT molecular complexity index is 355. The molecular formula is C18H30N2. The Morgan fingerprint density at radius 2 is 1.75 bits per heavy atom. The summed E-state index contributed by atoms with van der Waals surface area (Å²) in [4.78, 5) is 2.51. The van der Waals surface area contributed by atoms with Crippen molar-refractivity contribution in [3.05, 3.63) is 35.9 Å². The van der Waals surface area contributed by atoms with Crippen molar-refractivity contribution in [3.8, 4) is 0 Å². The molecule has 1 saturated carbocycles. The first-order chi connectivity index (χ1) is 9.75. The second-order valence-electron chi connectivity index (χ2n) is 6.37. The van der Waals surface area contributed by atoms with Crippen molar-refractivity contribution in [2.45, 2.75) is 63.5 Å². The zero-order valence-electron chi connectivity index (χ0n) is 12.9. The molecule has 1 atom stereocenters. The van der Waals surface area contributed by atoms with E-state index in [-0.39, 0.29) is 0 Å². The largest absolute Gasteiger partial charge is 0.327 e. The van der Waals surface area contributed by atoms with Crippen LogP contribution in [0, 0.1) is 0 Å². The van der Waals surface area contributed by atoms with Gasteiger partial charge in [0.1, 0.15) is 0 Å². The summed E-state index contributed by atoms with van der Waals surface area (Å²) in [5.41, 5.74) is 7.73. The van der Waals surface area contributed by atoms with Gasteiger partial charge in [0, 0.05) is 18.6 Å². The van der Waals surface area contributed by atoms with Gasteiger partial charge in [-0.05, 0) is 38.3 Å². The van der Waals surface area contributed by atoms with E-state index in [1.54, 1.807) is 0 Å². The van der Waals surface area contributed by atoms with Crippen LogP contribution >= 0.6 is 0 Å². The average molecular weight is 274 g/mol. The number of aryl methyl sites for hydroxylation is 1. The third-order valence-corrected chi connectivity index (χ3v) is 4.62. The molecule has 0 heterocycles. The summed E-state index contributed by atoms with van der Waals surface area (Å²) in [6.07, 6.45) is 10.5. The lowest BCUT2D eigenvalue weighted by molar-refractivity contribution is 0.206. The Hall–Kier alpha value is -0.860. The summed E-state index contributed by atoms with van der Waals surface area (Å²) in [6.45, 7) is 1.04. The predicted octanol–water partition coefficient (Wildman–Crippen LogP) is 3.60. The minimum Gasteiger partial charge on any atom is -0.327 e. The van der Waals surface area contributed by atoms with E-state index in [0.29, 0.717) is 6.04 Å². The molecular weight excluding hydrogens is 244 g/mol. The first-order valence-electron chi connectivity index (χ1n) is 8.25. The lowest BCUT2D eigenvalue weighted by atomic mass is 10.0. The first-order valence-corrected chi connectivity index (χ1v) is 8.25. The van der Waals surface area contributed by atoms with Gasteiger partial charge < -0.3 is 10.6 Å². The minimum absolute atomic E-state index is 0.295. The van der Waals surface area contributed by atoms with E-state index >= 15 is 0 Å². The zero-order chi connectivity index (χ0) is 14.2. The molecule has 0 amide bonds. The van der Waals surface area contributed by atoms with Crippen molar-refractivity contribution in [2.75, 3.05) is 13.6 Å². The van der Waals surface area contributed by atoms with E-state index in [2.05, 4.69) is 42.3 Å². The Morgan fingerprint density at radius 3 is 2.40 bits per heavy atom. The van der Waals surface area contributed by atoms with Crippen molar-refractivity contribution < 1.29 is 0 Å². The van der Waals surface area contributed by atoms with Gasteiger partial charge in [0.05, 0.1) is 0 Å². The van der Waals surface area contributed by atoms with Crippen LogP contribution in [0.2, 0.25) is 0 Å². The van der Waals surface area contributed by atoms with Gasteiger partial charge in [-0.2, -0.15) is 0 Å². The summed E-state index contributed by atoms with van der Waals surface area (Å²) >= 11 is 0. The first kappa shape index (κ1) is 15.5. The molecule has 1 aromatic carbocycles. The molecule has 0 spiro atoms. The van der Waals surface area contributed by atoms with Gasteiger partial charge in [0.25, 0.3) is 0 Å². The van der Waals surface area contributed by atoms with E-state index in [4.69, 9.17) is 5.73 Å². The average Bonchev–Trinajstić information content (AvgIpc) is 2.75. The number of nitrogens with zero attached hydrogens (tertiary/aromatic N) is 1. The molecule has 2 rings (SSSR count). The molecule has 0 bridgehead atoms. The maximum Gasteiger partial charge on any atom is 0.0170 e. The van der Waals surface area contributed by atoms with Crippen LogP contribution in [0.5, 0.6) is 0 Å². The standard InChI is InChI=1S/C18H30N2/c1-20(18-11-7-2-3-8-12-18)15-17(19)14-13-16-9-5-4-6-10-16/h4-6,9-10,17-18H,2-3,7-8,11-15,19H2,1H3. The van der Waals surface area contributed by atoms with Crippen molar-refractivity contribution in [3.63, 3.8) is 0 Å². The summed E-state index contributed by atoms with van der Waals surface area (Å²) in [6, 6.07) is 11.7. The van der Waals surface area contributed by atoms with Gasteiger partial charge in [-0.1, -0.05) is 56.0 Å². The summed E-state index contributed by atoms with van der Waals surface area (Å²) in [7, 11) is 2.26. The number of benzene rings is 1. The lowest BCUT2D eigenvalue weighted by Gasteiger charge is -2.29. The van der Waals surface area contributed by atoms with E-state index in [1.807, 2.05) is 0 Å². The maximum absolute atomic E-state index is 6.33. The Kier molecular flexibility index (Phi) is 6.55. The van der Waals surface area contributed by atoms with Gasteiger partial charge >= 0.3 is 0 Å². The quantitative estimate of drug-likeness (QED) is 0.803. The lowest BCUT2D eigenvalue weighted by Crippen LogP contribution is -2.41. The minimum atomic E-state index is 0.295. The number of nitrogens with two attached hydrogens (primary N) is 1. The van der Waals surface area contributed by atoms with Crippen molar-refractivity contribution in [1.82, 2.24) is 4.90 Å². The Balaban J connectivity index is 1.71. The van der Waals surface area contributed by atoms with Crippen LogP contribution in [-0.4, -0.2) is 30.6 Å². The molecule has 1 aliphatic carbocycles. The summed E-state index contributed by atoms with van der Waals surface area (Å²) < 4.78 is 0. The molecule has 112 valence electrons. The summed E-state index contributed by atoms with van der Waals surface area (Å²) in [5.74, 6) is 0. The second-order valence-corrected chi connectivity index (χ2v) is 6.37. The van der Waals surface area contributed by atoms with E-state index in [1.165, 1.54) is 44.1 Å². The van der Waals surface area contributed by atoms with Gasteiger partial charge in [-0.3, -0.25) is 0 Å². The number of hydrogen-bond acceptors (Lipinski definition) is 2. The molecule has 20 heavy (non-hydrogen) atoms. The molecule has 0 aliphatic heterocycles. The highest BCUT2D eigenvalue weighted by molar-refractivity contribution is 5.14. The fraction of sp³-hybridized carbons (Fsp3) is 0.667. The molecule has 2 nitrogen and oxygen atoms in total. The van der Waals surface area contributed by atoms with E-state index in [9.17, 15) is 0 Å². The van der Waals surface area contributed by atoms with Crippen LogP contribution in [-0.2, 0) is 6.42 Å². The fourth-order valence-corrected chi connectivity index (χ4v) is 3.31. The Morgan fingerprint density at radius 1 is 1.10 bits per heavy atom. The third-order valence-electron chi connectivity index (χ3n) is 4.62. The van der Waals surface area contributed by atoms with Gasteiger partial charge in [-0.15, -0.1) is 0 Å². The van der Waals surface area contributed by atoms with E-state index in [0.717, 1.165) is 25.4 Å². The highest BCUT2D eigenvalue weighted by Gasteiger charge is 2.18. The molecule has 1 aliphatic rings. The molecule has 1 unspecified atom stereocenters. The molecule has 0 saturated heterocycles. The van der Waals surface area contributed by atoms with Gasteiger partial charge in [-0.25, -0.2) is 0 Å². The molecule has 2 N–H and O–H groups in total. The van der Waals surface area contributed by atoms with Crippen molar-refractivity contribution in [1.29, 1.82) is 0 Å². The maximum atomic E-state index is 6.33. The zero-order valence-corrected chi connectivity index (χ0v) is 12.9. The van der Waals surface area contributed by atoms with Crippen LogP contribution < -0.4 is 5.73 Å². The predicted molar refractivity (Wildman–Crippen MR) is 86.9 cm³/mol. The van der Waals surface area contributed by atoms with Crippen LogP contribution in [0.4, 0.5) is 0 Å². The topological polar surface area (TPSA) is 29.3 Å². The van der Waals surface area contributed by atoms with Crippen molar-refractivity contribution >= 4 is 0 Å². The van der Waals surface area contributed by atoms with Crippen LogP contribution in [0.25, 0.3) is 0 Å². The molecule has 0 aromatic heterocycles. The van der Waals surface area contributed by atoms with E-state index < -0.39 is 0 Å². The van der Waals surface area contributed by atoms with Crippen molar-refractivity contribution in [2.24, 2.45) is 5.73 Å². The highest BCUT2D eigenvalue weighted by Crippen LogP contribution is 2.21. The number of hydrogen-bond donors (Lipinski definition) is 1. The third kappa shape index (κ3) is 5.26. The number of rotatable bonds is 6. The molecule has 2 heteroatoms. The molecule has 0 radical (unpaired) electrons. The highest BCUT2D eigenvalue weighted by atomic mass is 15.1. The van der Waals surface area contributed by atoms with Gasteiger partial charge in [0.15, 0.2) is 0 Å².